The van der Waals surface area contributed by atoms with Crippen molar-refractivity contribution in [2.75, 3.05) is 18.1 Å². The number of carbonyl (C=O) groups is 2. The minimum atomic E-state index is -0.400. The second-order valence-corrected chi connectivity index (χ2v) is 4.97. The molecule has 2 rings (SSSR count). The first-order chi connectivity index (χ1) is 9.56. The molecule has 1 fully saturated rings. The quantitative estimate of drug-likeness (QED) is 0.774. The van der Waals surface area contributed by atoms with Gasteiger partial charge in [-0.25, -0.2) is 4.79 Å². The number of hydrogen-bond acceptors (Lipinski definition) is 4. The van der Waals surface area contributed by atoms with Crippen LogP contribution in [0.25, 0.3) is 0 Å². The van der Waals surface area contributed by atoms with E-state index in [0.717, 1.165) is 18.7 Å². The minimum Gasteiger partial charge on any atom is -0.482 e. The molecule has 1 aliphatic rings. The monoisotopic (exact) mass is 277 g/mol. The van der Waals surface area contributed by atoms with Crippen LogP contribution in [0.1, 0.15) is 26.7 Å². The van der Waals surface area contributed by atoms with Gasteiger partial charge >= 0.3 is 5.97 Å². The van der Waals surface area contributed by atoms with Crippen LogP contribution in [-0.4, -0.2) is 31.1 Å². The van der Waals surface area contributed by atoms with Gasteiger partial charge < -0.3 is 14.4 Å². The molecule has 0 atom stereocenters. The number of hydrogen-bond donors (Lipinski definition) is 0. The van der Waals surface area contributed by atoms with Crippen molar-refractivity contribution in [1.29, 1.82) is 0 Å². The van der Waals surface area contributed by atoms with E-state index in [2.05, 4.69) is 0 Å². The van der Waals surface area contributed by atoms with Gasteiger partial charge in [-0.15, -0.1) is 0 Å². The van der Waals surface area contributed by atoms with Crippen molar-refractivity contribution in [2.24, 2.45) is 0 Å². The third kappa shape index (κ3) is 3.73. The van der Waals surface area contributed by atoms with Crippen LogP contribution in [-0.2, 0) is 14.3 Å². The Morgan fingerprint density at radius 1 is 1.40 bits per heavy atom. The van der Waals surface area contributed by atoms with Crippen LogP contribution in [0.4, 0.5) is 5.69 Å². The Hall–Kier alpha value is -2.04. The zero-order chi connectivity index (χ0) is 14.5. The molecule has 5 heteroatoms. The lowest BCUT2D eigenvalue weighted by atomic mass is 10.3. The summed E-state index contributed by atoms with van der Waals surface area (Å²) in [7, 11) is 0. The Bertz CT molecular complexity index is 498. The molecule has 0 unspecified atom stereocenters. The van der Waals surface area contributed by atoms with Crippen LogP contribution in [0, 0.1) is 0 Å². The molecule has 0 spiro atoms. The van der Waals surface area contributed by atoms with Gasteiger partial charge in [-0.2, -0.15) is 0 Å². The van der Waals surface area contributed by atoms with Gasteiger partial charge in [0.25, 0.3) is 0 Å². The van der Waals surface area contributed by atoms with E-state index < -0.39 is 5.97 Å². The molecule has 1 amide bonds. The van der Waals surface area contributed by atoms with Crippen LogP contribution in [0.3, 0.4) is 0 Å². The van der Waals surface area contributed by atoms with Crippen molar-refractivity contribution in [3.63, 3.8) is 0 Å². The molecule has 0 aromatic heterocycles. The molecule has 1 saturated heterocycles. The van der Waals surface area contributed by atoms with E-state index in [4.69, 9.17) is 9.47 Å². The summed E-state index contributed by atoms with van der Waals surface area (Å²) in [6.45, 7) is 4.18. The zero-order valence-electron chi connectivity index (χ0n) is 11.8. The number of anilines is 1. The summed E-state index contributed by atoms with van der Waals surface area (Å²) in [5.74, 6) is 0.284. The highest BCUT2D eigenvalue weighted by atomic mass is 16.6. The van der Waals surface area contributed by atoms with E-state index in [0.29, 0.717) is 12.2 Å². The summed E-state index contributed by atoms with van der Waals surface area (Å²) < 4.78 is 10.4. The van der Waals surface area contributed by atoms with Crippen LogP contribution in [0.5, 0.6) is 5.75 Å². The summed E-state index contributed by atoms with van der Waals surface area (Å²) in [5.41, 5.74) is 0.808. The Kier molecular flexibility index (Phi) is 4.61. The van der Waals surface area contributed by atoms with Gasteiger partial charge in [-0.05, 0) is 32.4 Å². The van der Waals surface area contributed by atoms with Crippen LogP contribution in [0.2, 0.25) is 0 Å². The van der Waals surface area contributed by atoms with Crippen LogP contribution >= 0.6 is 0 Å². The first-order valence-electron chi connectivity index (χ1n) is 6.79. The average molecular weight is 277 g/mol. The highest BCUT2D eigenvalue weighted by Crippen LogP contribution is 2.25. The van der Waals surface area contributed by atoms with Crippen molar-refractivity contribution in [3.8, 4) is 5.75 Å². The molecular weight excluding hydrogens is 258 g/mol. The lowest BCUT2D eigenvalue weighted by Crippen LogP contribution is -2.23. The molecule has 0 aliphatic carbocycles. The van der Waals surface area contributed by atoms with Gasteiger partial charge in [-0.1, -0.05) is 6.07 Å². The maximum absolute atomic E-state index is 11.7. The molecule has 1 aromatic rings. The molecule has 0 N–H and O–H groups in total. The fraction of sp³-hybridized carbons (Fsp3) is 0.467. The minimum absolute atomic E-state index is 0.126. The molecule has 1 aliphatic heterocycles. The second-order valence-electron chi connectivity index (χ2n) is 4.97. The van der Waals surface area contributed by atoms with E-state index in [1.165, 1.54) is 0 Å². The molecule has 5 nitrogen and oxygen atoms in total. The fourth-order valence-corrected chi connectivity index (χ4v) is 2.10. The number of nitrogens with zero attached hydrogens (tertiary/aromatic N) is 1. The highest BCUT2D eigenvalue weighted by molar-refractivity contribution is 5.95. The van der Waals surface area contributed by atoms with Crippen LogP contribution in [0.15, 0.2) is 24.3 Å². The maximum atomic E-state index is 11.7. The highest BCUT2D eigenvalue weighted by Gasteiger charge is 2.21. The van der Waals surface area contributed by atoms with Crippen molar-refractivity contribution in [2.45, 2.75) is 32.8 Å². The topological polar surface area (TPSA) is 55.8 Å². The lowest BCUT2D eigenvalue weighted by molar-refractivity contribution is -0.149. The van der Waals surface area contributed by atoms with Crippen LogP contribution < -0.4 is 9.64 Å². The number of carbonyl (C=O) groups excluding carboxylic acids is 2. The van der Waals surface area contributed by atoms with E-state index in [9.17, 15) is 9.59 Å². The van der Waals surface area contributed by atoms with Crippen molar-refractivity contribution < 1.29 is 19.1 Å². The average Bonchev–Trinajstić information content (AvgIpc) is 2.82. The molecule has 0 saturated carbocycles. The Balaban J connectivity index is 1.96. The number of esters is 1. The Labute approximate surface area is 118 Å². The predicted octanol–water partition coefficient (Wildman–Crippen LogP) is 2.14. The molecule has 1 aromatic carbocycles. The van der Waals surface area contributed by atoms with Gasteiger partial charge in [-0.3, -0.25) is 4.79 Å². The largest absolute Gasteiger partial charge is 0.482 e. The Morgan fingerprint density at radius 2 is 2.20 bits per heavy atom. The van der Waals surface area contributed by atoms with Crippen molar-refractivity contribution in [1.82, 2.24) is 0 Å². The Morgan fingerprint density at radius 3 is 2.85 bits per heavy atom. The van der Waals surface area contributed by atoms with E-state index in [1.807, 2.05) is 12.1 Å². The van der Waals surface area contributed by atoms with Crippen molar-refractivity contribution >= 4 is 17.6 Å². The standard InChI is InChI=1S/C15H19NO4/c1-11(2)20-15(18)10-19-13-6-3-5-12(9-13)16-8-4-7-14(16)17/h3,5-6,9,11H,4,7-8,10H2,1-2H3. The summed E-state index contributed by atoms with van der Waals surface area (Å²) in [5, 5.41) is 0. The smallest absolute Gasteiger partial charge is 0.344 e. The molecular formula is C15H19NO4. The molecule has 20 heavy (non-hydrogen) atoms. The molecule has 0 radical (unpaired) electrons. The van der Waals surface area contributed by atoms with Crippen molar-refractivity contribution in [3.05, 3.63) is 24.3 Å². The molecule has 1 heterocycles. The van der Waals surface area contributed by atoms with Gasteiger partial charge in [0.2, 0.25) is 5.91 Å². The summed E-state index contributed by atoms with van der Waals surface area (Å²) in [4.78, 5) is 24.8. The lowest BCUT2D eigenvalue weighted by Gasteiger charge is -2.16. The van der Waals surface area contributed by atoms with E-state index in [1.54, 1.807) is 30.9 Å². The van der Waals surface area contributed by atoms with Gasteiger partial charge in [0.15, 0.2) is 6.61 Å². The normalized spacial score (nSPS) is 14.8. The fourth-order valence-electron chi connectivity index (χ4n) is 2.10. The maximum Gasteiger partial charge on any atom is 0.344 e. The summed E-state index contributed by atoms with van der Waals surface area (Å²) in [6.07, 6.45) is 1.32. The van der Waals surface area contributed by atoms with Gasteiger partial charge in [0, 0.05) is 24.7 Å². The summed E-state index contributed by atoms with van der Waals surface area (Å²) in [6, 6.07) is 7.20. The number of ether oxygens (including phenoxy) is 2. The number of rotatable bonds is 5. The SMILES string of the molecule is CC(C)OC(=O)COc1cccc(N2CCCC2=O)c1. The van der Waals surface area contributed by atoms with E-state index in [-0.39, 0.29) is 18.6 Å². The first kappa shape index (κ1) is 14.4. The number of amides is 1. The van der Waals surface area contributed by atoms with Gasteiger partial charge in [0.05, 0.1) is 6.10 Å². The zero-order valence-corrected chi connectivity index (χ0v) is 11.8. The molecule has 108 valence electrons. The molecule has 0 bridgehead atoms. The van der Waals surface area contributed by atoms with Gasteiger partial charge in [0.1, 0.15) is 5.75 Å². The third-order valence-corrected chi connectivity index (χ3v) is 2.93. The first-order valence-corrected chi connectivity index (χ1v) is 6.79. The third-order valence-electron chi connectivity index (χ3n) is 2.93. The predicted molar refractivity (Wildman–Crippen MR) is 74.8 cm³/mol. The number of benzene rings is 1. The van der Waals surface area contributed by atoms with E-state index >= 15 is 0 Å². The second kappa shape index (κ2) is 6.41. The summed E-state index contributed by atoms with van der Waals surface area (Å²) >= 11 is 0.